The van der Waals surface area contributed by atoms with E-state index in [2.05, 4.69) is 0 Å². The second-order valence-corrected chi connectivity index (χ2v) is 10.8. The number of rotatable bonds is 8. The quantitative estimate of drug-likeness (QED) is 0.670. The average Bonchev–Trinajstić information content (AvgIpc) is 2.60. The molecule has 0 aliphatic heterocycles. The summed E-state index contributed by atoms with van der Waals surface area (Å²) < 4.78 is 50.8. The second-order valence-electron chi connectivity index (χ2n) is 6.71. The molecule has 2 aromatic carbocycles. The highest BCUT2D eigenvalue weighted by Gasteiger charge is 2.31. The van der Waals surface area contributed by atoms with Gasteiger partial charge in [0.05, 0.1) is 21.3 Å². The first-order valence-electron chi connectivity index (χ1n) is 8.66. The van der Waals surface area contributed by atoms with Crippen LogP contribution in [0.2, 0.25) is 0 Å². The predicted octanol–water partition coefficient (Wildman–Crippen LogP) is 3.15. The molecule has 0 aliphatic carbocycles. The van der Waals surface area contributed by atoms with E-state index in [4.69, 9.17) is 0 Å². The molecule has 0 atom stereocenters. The fourth-order valence-corrected chi connectivity index (χ4v) is 6.04. The van der Waals surface area contributed by atoms with E-state index in [1.54, 1.807) is 31.2 Å². The number of Topliss-reactive ketones (excluding diaryl/α,β-unsaturated/α-hetero) is 1. The molecule has 0 spiro atoms. The number of benzene rings is 2. The highest BCUT2D eigenvalue weighted by atomic mass is 32.2. The molecule has 5 nitrogen and oxygen atoms in total. The van der Waals surface area contributed by atoms with Crippen LogP contribution < -0.4 is 0 Å². The summed E-state index contributed by atoms with van der Waals surface area (Å²) in [6, 6.07) is 12.6. The van der Waals surface area contributed by atoms with Crippen molar-refractivity contribution in [2.45, 2.75) is 37.0 Å². The molecule has 0 fully saturated rings. The fourth-order valence-electron chi connectivity index (χ4n) is 2.74. The third-order valence-corrected chi connectivity index (χ3v) is 8.07. The van der Waals surface area contributed by atoms with Gasteiger partial charge in [0.15, 0.2) is 19.7 Å². The SMILES string of the molecule is CCC(=O)C(CS(=O)(=O)c1ccc(C)cc1)CS(=O)(=O)c1ccc(C)cc1. The van der Waals surface area contributed by atoms with Crippen LogP contribution in [0.3, 0.4) is 0 Å². The van der Waals surface area contributed by atoms with Gasteiger partial charge in [-0.25, -0.2) is 16.8 Å². The Morgan fingerprint density at radius 1 is 0.741 bits per heavy atom. The van der Waals surface area contributed by atoms with Gasteiger partial charge in [0.1, 0.15) is 5.78 Å². The monoisotopic (exact) mass is 408 g/mol. The van der Waals surface area contributed by atoms with Gasteiger partial charge in [-0.2, -0.15) is 0 Å². The third kappa shape index (κ3) is 5.49. The van der Waals surface area contributed by atoms with Gasteiger partial charge < -0.3 is 0 Å². The standard InChI is InChI=1S/C20H24O5S2/c1-4-20(21)17(13-26(22,23)18-9-5-15(2)6-10-18)14-27(24,25)19-11-7-16(3)8-12-19/h5-12,17H,4,13-14H2,1-3H3. The van der Waals surface area contributed by atoms with Crippen molar-refractivity contribution in [3.63, 3.8) is 0 Å². The van der Waals surface area contributed by atoms with E-state index >= 15 is 0 Å². The number of carbonyl (C=O) groups is 1. The molecular formula is C20H24O5S2. The lowest BCUT2D eigenvalue weighted by Crippen LogP contribution is -2.30. The molecule has 2 rings (SSSR count). The number of aryl methyl sites for hydroxylation is 2. The van der Waals surface area contributed by atoms with E-state index in [1.807, 2.05) is 13.8 Å². The molecule has 0 aromatic heterocycles. The third-order valence-electron chi connectivity index (χ3n) is 4.41. The highest BCUT2D eigenvalue weighted by Crippen LogP contribution is 2.21. The van der Waals surface area contributed by atoms with Gasteiger partial charge in [-0.3, -0.25) is 4.79 Å². The molecular weight excluding hydrogens is 384 g/mol. The number of ketones is 1. The van der Waals surface area contributed by atoms with Crippen LogP contribution in [0, 0.1) is 19.8 Å². The van der Waals surface area contributed by atoms with Crippen molar-refractivity contribution in [3.8, 4) is 0 Å². The Labute approximate surface area is 161 Å². The van der Waals surface area contributed by atoms with Gasteiger partial charge in [-0.15, -0.1) is 0 Å². The zero-order chi connectivity index (χ0) is 20.2. The minimum atomic E-state index is -3.78. The maximum absolute atomic E-state index is 12.7. The van der Waals surface area contributed by atoms with Gasteiger partial charge >= 0.3 is 0 Å². The Hall–Kier alpha value is -1.99. The molecule has 0 bridgehead atoms. The molecule has 27 heavy (non-hydrogen) atoms. The van der Waals surface area contributed by atoms with Crippen LogP contribution >= 0.6 is 0 Å². The van der Waals surface area contributed by atoms with Crippen molar-refractivity contribution >= 4 is 25.5 Å². The van der Waals surface area contributed by atoms with Crippen LogP contribution in [0.15, 0.2) is 58.3 Å². The number of hydrogen-bond acceptors (Lipinski definition) is 5. The van der Waals surface area contributed by atoms with Crippen LogP contribution in [0.1, 0.15) is 24.5 Å². The predicted molar refractivity (Wildman–Crippen MR) is 105 cm³/mol. The lowest BCUT2D eigenvalue weighted by Gasteiger charge is -2.16. The highest BCUT2D eigenvalue weighted by molar-refractivity contribution is 7.92. The van der Waals surface area contributed by atoms with E-state index in [1.165, 1.54) is 24.3 Å². The number of sulfone groups is 2. The van der Waals surface area contributed by atoms with Crippen LogP contribution in [0.5, 0.6) is 0 Å². The summed E-state index contributed by atoms with van der Waals surface area (Å²) in [5.41, 5.74) is 1.83. The lowest BCUT2D eigenvalue weighted by molar-refractivity contribution is -0.121. The molecule has 7 heteroatoms. The summed E-state index contributed by atoms with van der Waals surface area (Å²) in [7, 11) is -7.56. The van der Waals surface area contributed by atoms with Crippen molar-refractivity contribution in [3.05, 3.63) is 59.7 Å². The van der Waals surface area contributed by atoms with Crippen LogP contribution in [0.4, 0.5) is 0 Å². The summed E-state index contributed by atoms with van der Waals surface area (Å²) >= 11 is 0. The van der Waals surface area contributed by atoms with Crippen molar-refractivity contribution < 1.29 is 21.6 Å². The van der Waals surface area contributed by atoms with Gasteiger partial charge in [0.25, 0.3) is 0 Å². The Balaban J connectivity index is 2.31. The minimum Gasteiger partial charge on any atom is -0.299 e. The summed E-state index contributed by atoms with van der Waals surface area (Å²) in [6.07, 6.45) is 0.0809. The molecule has 0 aliphatic rings. The zero-order valence-corrected chi connectivity index (χ0v) is 17.3. The molecule has 0 unspecified atom stereocenters. The van der Waals surface area contributed by atoms with E-state index in [0.717, 1.165) is 11.1 Å². The Bertz CT molecular complexity index is 926. The van der Waals surface area contributed by atoms with E-state index < -0.39 is 37.1 Å². The first-order valence-corrected chi connectivity index (χ1v) is 12.0. The maximum Gasteiger partial charge on any atom is 0.179 e. The second kappa shape index (κ2) is 8.35. The molecule has 2 aromatic rings. The lowest BCUT2D eigenvalue weighted by atomic mass is 10.1. The smallest absolute Gasteiger partial charge is 0.179 e. The van der Waals surface area contributed by atoms with Crippen LogP contribution in [0.25, 0.3) is 0 Å². The molecule has 0 saturated carbocycles. The van der Waals surface area contributed by atoms with Crippen LogP contribution in [-0.4, -0.2) is 34.1 Å². The Morgan fingerprint density at radius 2 is 1.07 bits per heavy atom. The number of hydrogen-bond donors (Lipinski definition) is 0. The summed E-state index contributed by atoms with van der Waals surface area (Å²) in [5, 5.41) is 0. The van der Waals surface area contributed by atoms with Gasteiger partial charge in [0, 0.05) is 12.3 Å². The maximum atomic E-state index is 12.7. The average molecular weight is 409 g/mol. The van der Waals surface area contributed by atoms with Crippen molar-refractivity contribution in [2.24, 2.45) is 5.92 Å². The van der Waals surface area contributed by atoms with E-state index in [0.29, 0.717) is 0 Å². The molecule has 0 radical (unpaired) electrons. The fraction of sp³-hybridized carbons (Fsp3) is 0.350. The van der Waals surface area contributed by atoms with Gasteiger partial charge in [0.2, 0.25) is 0 Å². The molecule has 0 saturated heterocycles. The molecule has 0 heterocycles. The first-order chi connectivity index (χ1) is 12.5. The van der Waals surface area contributed by atoms with Crippen molar-refractivity contribution in [2.75, 3.05) is 11.5 Å². The van der Waals surface area contributed by atoms with E-state index in [9.17, 15) is 21.6 Å². The van der Waals surface area contributed by atoms with Crippen LogP contribution in [-0.2, 0) is 24.5 Å². The van der Waals surface area contributed by atoms with Gasteiger partial charge in [-0.1, -0.05) is 42.3 Å². The topological polar surface area (TPSA) is 85.3 Å². The van der Waals surface area contributed by atoms with Crippen molar-refractivity contribution in [1.29, 1.82) is 0 Å². The number of carbonyl (C=O) groups excluding carboxylic acids is 1. The molecule has 146 valence electrons. The zero-order valence-electron chi connectivity index (χ0n) is 15.7. The van der Waals surface area contributed by atoms with Crippen molar-refractivity contribution in [1.82, 2.24) is 0 Å². The summed E-state index contributed by atoms with van der Waals surface area (Å²) in [5.74, 6) is -2.52. The normalized spacial score (nSPS) is 12.3. The van der Waals surface area contributed by atoms with Gasteiger partial charge in [-0.05, 0) is 38.1 Å². The largest absolute Gasteiger partial charge is 0.299 e. The Kier molecular flexibility index (Phi) is 6.59. The Morgan fingerprint density at radius 3 is 1.37 bits per heavy atom. The van der Waals surface area contributed by atoms with E-state index in [-0.39, 0.29) is 22.0 Å². The summed E-state index contributed by atoms with van der Waals surface area (Å²) in [4.78, 5) is 12.5. The first kappa shape index (κ1) is 21.3. The molecule has 0 N–H and O–H groups in total. The summed E-state index contributed by atoms with van der Waals surface area (Å²) in [6.45, 7) is 5.29. The molecule has 0 amide bonds. The minimum absolute atomic E-state index is 0.0809.